The number of hydrogen-bond donors (Lipinski definition) is 1. The van der Waals surface area contributed by atoms with E-state index in [9.17, 15) is 14.4 Å². The molecule has 3 aromatic rings. The fourth-order valence-electron chi connectivity index (χ4n) is 5.13. The van der Waals surface area contributed by atoms with Crippen molar-refractivity contribution >= 4 is 34.5 Å². The van der Waals surface area contributed by atoms with Crippen LogP contribution in [0, 0.1) is 0 Å². The fourth-order valence-corrected chi connectivity index (χ4v) is 6.29. The molecular weight excluding hydrogens is 486 g/mol. The Balaban J connectivity index is 1.46. The predicted molar refractivity (Wildman–Crippen MR) is 145 cm³/mol. The molecule has 0 radical (unpaired) electrons. The summed E-state index contributed by atoms with van der Waals surface area (Å²) in [5.41, 5.74) is 0.265. The highest BCUT2D eigenvalue weighted by molar-refractivity contribution is 7.99. The van der Waals surface area contributed by atoms with E-state index in [0.29, 0.717) is 41.4 Å². The van der Waals surface area contributed by atoms with E-state index in [4.69, 9.17) is 4.98 Å². The van der Waals surface area contributed by atoms with Crippen LogP contribution in [0.5, 0.6) is 0 Å². The number of piperidine rings is 1. The van der Waals surface area contributed by atoms with Crippen molar-refractivity contribution < 1.29 is 9.59 Å². The van der Waals surface area contributed by atoms with Gasteiger partial charge in [0, 0.05) is 25.4 Å². The van der Waals surface area contributed by atoms with Crippen molar-refractivity contribution in [1.82, 2.24) is 24.7 Å². The van der Waals surface area contributed by atoms with E-state index < -0.39 is 5.54 Å². The molecule has 0 bridgehead atoms. The van der Waals surface area contributed by atoms with Gasteiger partial charge in [-0.1, -0.05) is 60.6 Å². The number of amides is 2. The Morgan fingerprint density at radius 2 is 1.73 bits per heavy atom. The predicted octanol–water partition coefficient (Wildman–Crippen LogP) is 2.89. The van der Waals surface area contributed by atoms with Gasteiger partial charge in [0.05, 0.1) is 10.9 Å². The van der Waals surface area contributed by atoms with Gasteiger partial charge < -0.3 is 15.1 Å². The molecule has 9 heteroatoms. The first-order valence-electron chi connectivity index (χ1n) is 12.9. The number of aromatic nitrogens is 2. The summed E-state index contributed by atoms with van der Waals surface area (Å²) in [4.78, 5) is 49.6. The zero-order valence-electron chi connectivity index (χ0n) is 21.2. The zero-order valence-corrected chi connectivity index (χ0v) is 22.0. The number of rotatable bonds is 6. The maximum absolute atomic E-state index is 13.8. The molecule has 2 aromatic carbocycles. The summed E-state index contributed by atoms with van der Waals surface area (Å²) >= 11 is 1.36. The average molecular weight is 520 g/mol. The van der Waals surface area contributed by atoms with Gasteiger partial charge in [0.25, 0.3) is 5.56 Å². The third-order valence-electron chi connectivity index (χ3n) is 7.37. The minimum Gasteiger partial charge on any atom is -0.350 e. The van der Waals surface area contributed by atoms with Gasteiger partial charge >= 0.3 is 0 Å². The Morgan fingerprint density at radius 3 is 2.51 bits per heavy atom. The van der Waals surface area contributed by atoms with E-state index in [1.54, 1.807) is 23.1 Å². The normalized spacial score (nSPS) is 20.8. The first-order valence-corrected chi connectivity index (χ1v) is 13.9. The van der Waals surface area contributed by atoms with Gasteiger partial charge in [-0.15, -0.1) is 0 Å². The summed E-state index contributed by atoms with van der Waals surface area (Å²) in [6.45, 7) is 5.23. The Morgan fingerprint density at radius 1 is 1.00 bits per heavy atom. The van der Waals surface area contributed by atoms with E-state index in [1.165, 1.54) is 22.7 Å². The lowest BCUT2D eigenvalue weighted by atomic mass is 10.00. The summed E-state index contributed by atoms with van der Waals surface area (Å²) in [6.07, 6.45) is 3.54. The van der Waals surface area contributed by atoms with Crippen molar-refractivity contribution in [1.29, 1.82) is 0 Å². The molecule has 0 aliphatic carbocycles. The molecule has 2 amide bonds. The van der Waals surface area contributed by atoms with E-state index in [2.05, 4.69) is 10.2 Å². The van der Waals surface area contributed by atoms with Crippen LogP contribution in [0.25, 0.3) is 10.9 Å². The number of nitrogens with zero attached hydrogens (tertiary/aromatic N) is 4. The minimum atomic E-state index is -1.10. The van der Waals surface area contributed by atoms with E-state index in [1.807, 2.05) is 43.3 Å². The Hall–Kier alpha value is -3.17. The molecular formula is C28H33N5O3S. The Kier molecular flexibility index (Phi) is 7.62. The molecule has 1 N–H and O–H groups in total. The molecule has 8 nitrogen and oxygen atoms in total. The second-order valence-electron chi connectivity index (χ2n) is 9.98. The zero-order chi connectivity index (χ0) is 25.8. The third kappa shape index (κ3) is 5.43. The van der Waals surface area contributed by atoms with Crippen molar-refractivity contribution in [3.05, 3.63) is 70.5 Å². The fraction of sp³-hybridized carbons (Fsp3) is 0.429. The van der Waals surface area contributed by atoms with Crippen LogP contribution in [0.2, 0.25) is 0 Å². The lowest BCUT2D eigenvalue weighted by Crippen LogP contribution is -2.63. The largest absolute Gasteiger partial charge is 0.350 e. The summed E-state index contributed by atoms with van der Waals surface area (Å²) in [7, 11) is 0. The number of benzene rings is 2. The molecule has 3 heterocycles. The number of hydrogen-bond acceptors (Lipinski definition) is 6. The van der Waals surface area contributed by atoms with Crippen molar-refractivity contribution in [2.75, 3.05) is 31.9 Å². The van der Waals surface area contributed by atoms with Gasteiger partial charge in [-0.05, 0) is 50.6 Å². The smallest absolute Gasteiger partial charge is 0.262 e. The molecule has 194 valence electrons. The highest BCUT2D eigenvalue weighted by Crippen LogP contribution is 2.30. The number of fused-ring (bicyclic) bond motifs is 2. The highest BCUT2D eigenvalue weighted by atomic mass is 32.2. The molecule has 1 unspecified atom stereocenters. The molecule has 37 heavy (non-hydrogen) atoms. The van der Waals surface area contributed by atoms with Crippen LogP contribution in [0.3, 0.4) is 0 Å². The van der Waals surface area contributed by atoms with Crippen LogP contribution >= 0.6 is 11.8 Å². The van der Waals surface area contributed by atoms with Gasteiger partial charge in [0.15, 0.2) is 5.16 Å². The maximum atomic E-state index is 13.8. The molecule has 2 aliphatic heterocycles. The van der Waals surface area contributed by atoms with E-state index in [-0.39, 0.29) is 23.9 Å². The highest BCUT2D eigenvalue weighted by Gasteiger charge is 2.44. The van der Waals surface area contributed by atoms with Crippen LogP contribution in [0.1, 0.15) is 31.7 Å². The number of para-hydroxylation sites is 1. The van der Waals surface area contributed by atoms with Gasteiger partial charge in [0.1, 0.15) is 12.1 Å². The standard InChI is InChI=1S/C28H33N5O3S/c1-28(26(36)29-18-21-10-4-2-5-11-21)20-37-27-30-23-13-7-6-12-22(23)25(35)32(27)19-24(34)33(28)17-16-31-14-8-3-9-15-31/h2,4-7,10-13H,3,8-9,14-20H2,1H3,(H,29,36). The van der Waals surface area contributed by atoms with Crippen LogP contribution in [-0.2, 0) is 22.7 Å². The average Bonchev–Trinajstić information content (AvgIpc) is 2.93. The molecule has 1 fully saturated rings. The van der Waals surface area contributed by atoms with E-state index >= 15 is 0 Å². The molecule has 1 aromatic heterocycles. The van der Waals surface area contributed by atoms with Crippen LogP contribution in [0.15, 0.2) is 64.5 Å². The first-order chi connectivity index (χ1) is 18.0. The van der Waals surface area contributed by atoms with Gasteiger partial charge in [-0.2, -0.15) is 0 Å². The summed E-state index contributed by atoms with van der Waals surface area (Å²) in [6, 6.07) is 16.9. The Labute approximate surface area is 221 Å². The topological polar surface area (TPSA) is 87.5 Å². The number of thioether (sulfide) groups is 1. The van der Waals surface area contributed by atoms with Crippen molar-refractivity contribution in [2.45, 2.75) is 50.0 Å². The van der Waals surface area contributed by atoms with Crippen LogP contribution in [0.4, 0.5) is 0 Å². The van der Waals surface area contributed by atoms with E-state index in [0.717, 1.165) is 31.5 Å². The molecule has 5 rings (SSSR count). The number of carbonyl (C=O) groups excluding carboxylic acids is 2. The SMILES string of the molecule is CC1(C(=O)NCc2ccccc2)CSc2nc3ccccc3c(=O)n2CC(=O)N1CCN1CCCCC1. The van der Waals surface area contributed by atoms with Crippen molar-refractivity contribution in [2.24, 2.45) is 0 Å². The number of nitrogens with one attached hydrogen (secondary N) is 1. The third-order valence-corrected chi connectivity index (χ3v) is 8.65. The minimum absolute atomic E-state index is 0.138. The Bertz CT molecular complexity index is 1340. The lowest BCUT2D eigenvalue weighted by molar-refractivity contribution is -0.146. The van der Waals surface area contributed by atoms with Crippen molar-refractivity contribution in [3.63, 3.8) is 0 Å². The summed E-state index contributed by atoms with van der Waals surface area (Å²) in [5, 5.41) is 4.02. The first kappa shape index (κ1) is 25.5. The van der Waals surface area contributed by atoms with Gasteiger partial charge in [-0.3, -0.25) is 19.0 Å². The van der Waals surface area contributed by atoms with Gasteiger partial charge in [-0.25, -0.2) is 4.98 Å². The van der Waals surface area contributed by atoms with Crippen LogP contribution < -0.4 is 10.9 Å². The quantitative estimate of drug-likeness (QED) is 0.504. The molecule has 1 saturated heterocycles. The number of likely N-dealkylation sites (tertiary alicyclic amines) is 1. The number of carbonyl (C=O) groups is 2. The molecule has 2 aliphatic rings. The molecule has 0 saturated carbocycles. The second kappa shape index (κ2) is 11.1. The second-order valence-corrected chi connectivity index (χ2v) is 10.9. The summed E-state index contributed by atoms with van der Waals surface area (Å²) in [5.74, 6) is -0.146. The van der Waals surface area contributed by atoms with Gasteiger partial charge in [0.2, 0.25) is 11.8 Å². The summed E-state index contributed by atoms with van der Waals surface area (Å²) < 4.78 is 1.46. The maximum Gasteiger partial charge on any atom is 0.262 e. The van der Waals surface area contributed by atoms with Crippen molar-refractivity contribution in [3.8, 4) is 0 Å². The lowest BCUT2D eigenvalue weighted by Gasteiger charge is -2.42. The molecule has 1 atom stereocenters. The van der Waals surface area contributed by atoms with Crippen LogP contribution in [-0.4, -0.2) is 68.6 Å². The monoisotopic (exact) mass is 519 g/mol. The molecule has 0 spiro atoms.